The number of halogens is 1. The van der Waals surface area contributed by atoms with Crippen LogP contribution in [0.5, 0.6) is 0 Å². The van der Waals surface area contributed by atoms with Gasteiger partial charge in [-0.2, -0.15) is 0 Å². The van der Waals surface area contributed by atoms with Crippen LogP contribution in [0.15, 0.2) is 53.4 Å². The molecule has 118 valence electrons. The Morgan fingerprint density at radius 3 is 2.32 bits per heavy atom. The fourth-order valence-corrected chi connectivity index (χ4v) is 3.42. The third-order valence-corrected chi connectivity index (χ3v) is 4.89. The molecular weight excluding hydrogens is 318 g/mol. The highest BCUT2D eigenvalue weighted by Crippen LogP contribution is 2.15. The lowest BCUT2D eigenvalue weighted by atomic mass is 10.0. The van der Waals surface area contributed by atoms with Gasteiger partial charge >= 0.3 is 0 Å². The van der Waals surface area contributed by atoms with E-state index in [1.165, 1.54) is 0 Å². The van der Waals surface area contributed by atoms with Gasteiger partial charge in [-0.3, -0.25) is 0 Å². The Hall–Kier alpha value is -1.36. The van der Waals surface area contributed by atoms with Crippen LogP contribution < -0.4 is 4.72 Å². The minimum Gasteiger partial charge on any atom is -0.207 e. The lowest BCUT2D eigenvalue weighted by Crippen LogP contribution is -2.23. The molecule has 0 aliphatic rings. The number of benzene rings is 2. The van der Waals surface area contributed by atoms with E-state index in [4.69, 9.17) is 11.6 Å². The summed E-state index contributed by atoms with van der Waals surface area (Å²) in [5.41, 5.74) is 1.97. The van der Waals surface area contributed by atoms with Gasteiger partial charge < -0.3 is 0 Å². The monoisotopic (exact) mass is 337 g/mol. The van der Waals surface area contributed by atoms with E-state index >= 15 is 0 Å². The Morgan fingerprint density at radius 1 is 1.05 bits per heavy atom. The molecule has 0 saturated heterocycles. The lowest BCUT2D eigenvalue weighted by Gasteiger charge is -2.09. The maximum Gasteiger partial charge on any atom is 0.240 e. The van der Waals surface area contributed by atoms with Crippen LogP contribution in [0.25, 0.3) is 0 Å². The maximum atomic E-state index is 12.3. The molecule has 0 spiro atoms. The molecule has 0 amide bonds. The molecule has 0 aliphatic carbocycles. The third-order valence-electron chi connectivity index (χ3n) is 3.23. The molecule has 2 rings (SSSR count). The van der Waals surface area contributed by atoms with Gasteiger partial charge in [-0.25, -0.2) is 13.1 Å². The van der Waals surface area contributed by atoms with Gasteiger partial charge in [-0.05, 0) is 47.7 Å². The summed E-state index contributed by atoms with van der Waals surface area (Å²) < 4.78 is 27.2. The SMILES string of the molecule is CC(C)Cc1ccc(S(=O)(=O)NCc2cccc(Cl)c2)cc1. The van der Waals surface area contributed by atoms with Crippen LogP contribution >= 0.6 is 11.6 Å². The molecule has 2 aromatic rings. The average Bonchev–Trinajstić information content (AvgIpc) is 2.45. The zero-order chi connectivity index (χ0) is 16.2. The van der Waals surface area contributed by atoms with Crippen LogP contribution in [-0.4, -0.2) is 8.42 Å². The van der Waals surface area contributed by atoms with Gasteiger partial charge in [-0.15, -0.1) is 0 Å². The van der Waals surface area contributed by atoms with Crippen LogP contribution in [0.1, 0.15) is 25.0 Å². The molecule has 5 heteroatoms. The van der Waals surface area contributed by atoms with Crippen molar-refractivity contribution in [2.75, 3.05) is 0 Å². The number of hydrogen-bond acceptors (Lipinski definition) is 2. The largest absolute Gasteiger partial charge is 0.240 e. The number of rotatable bonds is 6. The van der Waals surface area contributed by atoms with Crippen molar-refractivity contribution in [1.29, 1.82) is 0 Å². The van der Waals surface area contributed by atoms with Gasteiger partial charge in [0.15, 0.2) is 0 Å². The van der Waals surface area contributed by atoms with E-state index in [0.717, 1.165) is 17.5 Å². The van der Waals surface area contributed by atoms with Crippen molar-refractivity contribution in [3.63, 3.8) is 0 Å². The van der Waals surface area contributed by atoms with Crippen molar-refractivity contribution >= 4 is 21.6 Å². The van der Waals surface area contributed by atoms with Crippen molar-refractivity contribution in [3.05, 3.63) is 64.7 Å². The highest BCUT2D eigenvalue weighted by molar-refractivity contribution is 7.89. The first-order chi connectivity index (χ1) is 10.4. The summed E-state index contributed by atoms with van der Waals surface area (Å²) in [6.45, 7) is 4.49. The summed E-state index contributed by atoms with van der Waals surface area (Å²) in [7, 11) is -3.51. The van der Waals surface area contributed by atoms with Gasteiger partial charge in [-0.1, -0.05) is 49.7 Å². The van der Waals surface area contributed by atoms with Gasteiger partial charge in [0.05, 0.1) is 4.90 Å². The number of nitrogens with one attached hydrogen (secondary N) is 1. The van der Waals surface area contributed by atoms with E-state index in [0.29, 0.717) is 10.9 Å². The minimum atomic E-state index is -3.51. The van der Waals surface area contributed by atoms with Crippen molar-refractivity contribution in [3.8, 4) is 0 Å². The summed E-state index contributed by atoms with van der Waals surface area (Å²) in [4.78, 5) is 0.280. The van der Waals surface area contributed by atoms with Crippen LogP contribution in [-0.2, 0) is 23.0 Å². The summed E-state index contributed by atoms with van der Waals surface area (Å²) in [5, 5.41) is 0.592. The molecule has 0 heterocycles. The fourth-order valence-electron chi connectivity index (χ4n) is 2.18. The van der Waals surface area contributed by atoms with Crippen molar-refractivity contribution in [2.24, 2.45) is 5.92 Å². The van der Waals surface area contributed by atoms with E-state index in [2.05, 4.69) is 18.6 Å². The molecule has 22 heavy (non-hydrogen) atoms. The fraction of sp³-hybridized carbons (Fsp3) is 0.294. The first-order valence-corrected chi connectivity index (χ1v) is 9.06. The number of hydrogen-bond donors (Lipinski definition) is 1. The molecular formula is C17H20ClNO2S. The summed E-state index contributed by atoms with van der Waals surface area (Å²) in [5.74, 6) is 0.545. The molecule has 0 aliphatic heterocycles. The Morgan fingerprint density at radius 2 is 1.73 bits per heavy atom. The predicted molar refractivity (Wildman–Crippen MR) is 90.5 cm³/mol. The Labute approximate surface area is 137 Å². The van der Waals surface area contributed by atoms with E-state index in [1.807, 2.05) is 18.2 Å². The number of sulfonamides is 1. The topological polar surface area (TPSA) is 46.2 Å². The minimum absolute atomic E-state index is 0.219. The predicted octanol–water partition coefficient (Wildman–Crippen LogP) is 4.02. The zero-order valence-corrected chi connectivity index (χ0v) is 14.3. The van der Waals surface area contributed by atoms with Crippen LogP contribution in [0.2, 0.25) is 5.02 Å². The molecule has 3 nitrogen and oxygen atoms in total. The first-order valence-electron chi connectivity index (χ1n) is 7.20. The average molecular weight is 338 g/mol. The smallest absolute Gasteiger partial charge is 0.207 e. The summed E-state index contributed by atoms with van der Waals surface area (Å²) in [6, 6.07) is 14.2. The lowest BCUT2D eigenvalue weighted by molar-refractivity contribution is 0.581. The van der Waals surface area contributed by atoms with Crippen molar-refractivity contribution in [1.82, 2.24) is 4.72 Å². The van der Waals surface area contributed by atoms with Crippen molar-refractivity contribution in [2.45, 2.75) is 31.7 Å². The van der Waals surface area contributed by atoms with E-state index in [9.17, 15) is 8.42 Å². The first kappa shape index (κ1) is 17.0. The molecule has 0 saturated carbocycles. The van der Waals surface area contributed by atoms with Gasteiger partial charge in [0.25, 0.3) is 0 Å². The van der Waals surface area contributed by atoms with Gasteiger partial charge in [0, 0.05) is 11.6 Å². The quantitative estimate of drug-likeness (QED) is 0.865. The Balaban J connectivity index is 2.06. The third kappa shape index (κ3) is 4.83. The molecule has 0 bridgehead atoms. The molecule has 2 aromatic carbocycles. The van der Waals surface area contributed by atoms with E-state index in [1.54, 1.807) is 30.3 Å². The molecule has 0 radical (unpaired) electrons. The van der Waals surface area contributed by atoms with E-state index < -0.39 is 10.0 Å². The zero-order valence-electron chi connectivity index (χ0n) is 12.7. The summed E-state index contributed by atoms with van der Waals surface area (Å²) in [6.07, 6.45) is 0.941. The van der Waals surface area contributed by atoms with E-state index in [-0.39, 0.29) is 11.4 Å². The van der Waals surface area contributed by atoms with Crippen molar-refractivity contribution < 1.29 is 8.42 Å². The molecule has 0 aromatic heterocycles. The molecule has 0 atom stereocenters. The maximum absolute atomic E-state index is 12.3. The molecule has 1 N–H and O–H groups in total. The normalized spacial score (nSPS) is 11.8. The second-order valence-corrected chi connectivity index (χ2v) is 7.90. The second kappa shape index (κ2) is 7.27. The molecule has 0 unspecified atom stereocenters. The highest BCUT2D eigenvalue weighted by atomic mass is 35.5. The molecule has 0 fully saturated rings. The Kier molecular flexibility index (Phi) is 5.62. The van der Waals surface area contributed by atoms with Crippen LogP contribution in [0, 0.1) is 5.92 Å². The van der Waals surface area contributed by atoms with Crippen LogP contribution in [0.3, 0.4) is 0 Å². The van der Waals surface area contributed by atoms with Crippen LogP contribution in [0.4, 0.5) is 0 Å². The standard InChI is InChI=1S/C17H20ClNO2S/c1-13(2)10-14-6-8-17(9-7-14)22(20,21)19-12-15-4-3-5-16(18)11-15/h3-9,11,13,19H,10,12H2,1-2H3. The Bertz CT molecular complexity index is 725. The summed E-state index contributed by atoms with van der Waals surface area (Å²) >= 11 is 5.89. The highest BCUT2D eigenvalue weighted by Gasteiger charge is 2.13. The van der Waals surface area contributed by atoms with Gasteiger partial charge in [0.2, 0.25) is 10.0 Å². The van der Waals surface area contributed by atoms with Gasteiger partial charge in [0.1, 0.15) is 0 Å². The second-order valence-electron chi connectivity index (χ2n) is 5.70.